The van der Waals surface area contributed by atoms with Gasteiger partial charge in [0, 0.05) is 36.3 Å². The van der Waals surface area contributed by atoms with Gasteiger partial charge in [-0.3, -0.25) is 4.79 Å². The van der Waals surface area contributed by atoms with E-state index in [1.54, 1.807) is 23.2 Å². The maximum absolute atomic E-state index is 12.6. The highest BCUT2D eigenvalue weighted by Gasteiger charge is 2.38. The number of hydrogen-bond donors (Lipinski definition) is 1. The Morgan fingerprint density at radius 3 is 2.62 bits per heavy atom. The van der Waals surface area contributed by atoms with Crippen molar-refractivity contribution >= 4 is 29.9 Å². The van der Waals surface area contributed by atoms with E-state index in [0.29, 0.717) is 12.2 Å². The van der Waals surface area contributed by atoms with Crippen molar-refractivity contribution in [3.63, 3.8) is 0 Å². The van der Waals surface area contributed by atoms with Gasteiger partial charge in [-0.2, -0.15) is 5.10 Å². The number of nitrogens with zero attached hydrogens (tertiary/aromatic N) is 3. The molecule has 0 aliphatic heterocycles. The molecular weight excluding hydrogens is 371 g/mol. The molecule has 26 heavy (non-hydrogen) atoms. The topological polar surface area (TPSA) is 72.1 Å². The molecule has 2 N–H and O–H groups in total. The maximum Gasteiger partial charge on any atom is 0.274 e. The summed E-state index contributed by atoms with van der Waals surface area (Å²) in [5, 5.41) is 8.45. The molecule has 1 aromatic heterocycles. The number of hydrogen-bond acceptors (Lipinski definition) is 4. The fraction of sp³-hybridized carbons (Fsp3) is 0.421. The van der Waals surface area contributed by atoms with Gasteiger partial charge in [0.05, 0.1) is 0 Å². The molecular formula is C19H24Cl2N4O. The minimum absolute atomic E-state index is 0. The van der Waals surface area contributed by atoms with Crippen molar-refractivity contribution in [1.29, 1.82) is 0 Å². The normalized spacial score (nSPS) is 22.3. The minimum atomic E-state index is -0.0823. The van der Waals surface area contributed by atoms with E-state index in [9.17, 15) is 4.79 Å². The zero-order valence-electron chi connectivity index (χ0n) is 14.8. The Morgan fingerprint density at radius 2 is 2.04 bits per heavy atom. The third kappa shape index (κ3) is 4.17. The first-order chi connectivity index (χ1) is 12.1. The summed E-state index contributed by atoms with van der Waals surface area (Å²) in [4.78, 5) is 14.4. The Labute approximate surface area is 165 Å². The summed E-state index contributed by atoms with van der Waals surface area (Å²) < 4.78 is 0. The Balaban J connectivity index is 0.00000243. The van der Waals surface area contributed by atoms with Crippen LogP contribution in [0.15, 0.2) is 42.6 Å². The summed E-state index contributed by atoms with van der Waals surface area (Å²) in [5.74, 6) is -0.0823. The first-order valence-electron chi connectivity index (χ1n) is 8.57. The van der Waals surface area contributed by atoms with E-state index in [0.717, 1.165) is 30.7 Å². The van der Waals surface area contributed by atoms with Crippen LogP contribution in [-0.4, -0.2) is 40.6 Å². The van der Waals surface area contributed by atoms with Gasteiger partial charge in [-0.1, -0.05) is 23.7 Å². The zero-order chi connectivity index (χ0) is 17.9. The van der Waals surface area contributed by atoms with Gasteiger partial charge in [-0.25, -0.2) is 0 Å². The first kappa shape index (κ1) is 20.6. The van der Waals surface area contributed by atoms with Crippen LogP contribution in [0.3, 0.4) is 0 Å². The van der Waals surface area contributed by atoms with Crippen molar-refractivity contribution in [1.82, 2.24) is 15.1 Å². The van der Waals surface area contributed by atoms with E-state index in [1.165, 1.54) is 5.56 Å². The predicted octanol–water partition coefficient (Wildman–Crippen LogP) is 3.46. The SMILES string of the molecule is CN(C(=O)c1cccnn1)[C@H]1CC[C@](CN)(c2cccc(Cl)c2)CC1.Cl. The number of carbonyl (C=O) groups excluding carboxylic acids is 1. The average Bonchev–Trinajstić information content (AvgIpc) is 2.67. The van der Waals surface area contributed by atoms with E-state index in [1.807, 2.05) is 25.2 Å². The summed E-state index contributed by atoms with van der Waals surface area (Å²) in [5.41, 5.74) is 7.68. The van der Waals surface area contributed by atoms with Crippen molar-refractivity contribution in [2.75, 3.05) is 13.6 Å². The standard InChI is InChI=1S/C19H23ClN4O.ClH/c1-24(18(25)17-6-3-11-22-23-17)16-7-9-19(13-21,10-8-16)14-4-2-5-15(20)12-14;/h2-6,11-12,16H,7-10,13,21H2,1H3;1H/t16-,19-;. The first-order valence-corrected chi connectivity index (χ1v) is 8.94. The van der Waals surface area contributed by atoms with Gasteiger partial charge >= 0.3 is 0 Å². The van der Waals surface area contributed by atoms with Crippen LogP contribution < -0.4 is 5.73 Å². The smallest absolute Gasteiger partial charge is 0.274 e. The van der Waals surface area contributed by atoms with Gasteiger partial charge in [-0.05, 0) is 55.5 Å². The molecule has 7 heteroatoms. The second-order valence-electron chi connectivity index (χ2n) is 6.75. The quantitative estimate of drug-likeness (QED) is 0.861. The third-order valence-electron chi connectivity index (χ3n) is 5.40. The molecule has 0 bridgehead atoms. The number of rotatable bonds is 4. The maximum atomic E-state index is 12.6. The van der Waals surface area contributed by atoms with Crippen LogP contribution in [0.1, 0.15) is 41.7 Å². The molecule has 140 valence electrons. The molecule has 5 nitrogen and oxygen atoms in total. The number of aromatic nitrogens is 2. The van der Waals surface area contributed by atoms with Gasteiger partial charge in [-0.15, -0.1) is 17.5 Å². The van der Waals surface area contributed by atoms with Gasteiger partial charge in [0.25, 0.3) is 5.91 Å². The average molecular weight is 395 g/mol. The minimum Gasteiger partial charge on any atom is -0.337 e. The molecule has 1 aliphatic rings. The van der Waals surface area contributed by atoms with E-state index in [-0.39, 0.29) is 29.8 Å². The molecule has 1 fully saturated rings. The van der Waals surface area contributed by atoms with Crippen LogP contribution in [-0.2, 0) is 5.41 Å². The number of halogens is 2. The highest BCUT2D eigenvalue weighted by atomic mass is 35.5. The van der Waals surface area contributed by atoms with Gasteiger partial charge in [0.15, 0.2) is 5.69 Å². The van der Waals surface area contributed by atoms with Gasteiger partial charge in [0.2, 0.25) is 0 Å². The lowest BCUT2D eigenvalue weighted by Crippen LogP contribution is -2.46. The molecule has 0 unspecified atom stereocenters. The highest BCUT2D eigenvalue weighted by Crippen LogP contribution is 2.40. The molecule has 2 aromatic rings. The summed E-state index contributed by atoms with van der Waals surface area (Å²) >= 11 is 6.16. The Hall–Kier alpha value is -1.69. The van der Waals surface area contributed by atoms with Crippen LogP contribution in [0, 0.1) is 0 Å². The van der Waals surface area contributed by atoms with E-state index >= 15 is 0 Å². The summed E-state index contributed by atoms with van der Waals surface area (Å²) in [6.07, 6.45) is 5.26. The molecule has 3 rings (SSSR count). The fourth-order valence-corrected chi connectivity index (χ4v) is 3.92. The summed E-state index contributed by atoms with van der Waals surface area (Å²) in [6.45, 7) is 0.585. The fourth-order valence-electron chi connectivity index (χ4n) is 3.73. The molecule has 0 radical (unpaired) electrons. The number of nitrogens with two attached hydrogens (primary N) is 1. The lowest BCUT2D eigenvalue weighted by molar-refractivity contribution is 0.0655. The van der Waals surface area contributed by atoms with Crippen molar-refractivity contribution in [3.8, 4) is 0 Å². The van der Waals surface area contributed by atoms with Gasteiger partial charge in [0.1, 0.15) is 0 Å². The molecule has 1 aliphatic carbocycles. The van der Waals surface area contributed by atoms with Crippen molar-refractivity contribution in [2.24, 2.45) is 5.73 Å². The molecule has 1 aromatic carbocycles. The van der Waals surface area contributed by atoms with E-state index in [2.05, 4.69) is 16.3 Å². The van der Waals surface area contributed by atoms with E-state index in [4.69, 9.17) is 17.3 Å². The van der Waals surface area contributed by atoms with Crippen LogP contribution in [0.2, 0.25) is 5.02 Å². The van der Waals surface area contributed by atoms with Crippen molar-refractivity contribution < 1.29 is 4.79 Å². The monoisotopic (exact) mass is 394 g/mol. The molecule has 1 heterocycles. The lowest BCUT2D eigenvalue weighted by Gasteiger charge is -2.42. The number of amides is 1. The number of carbonyl (C=O) groups is 1. The van der Waals surface area contributed by atoms with Crippen molar-refractivity contribution in [2.45, 2.75) is 37.1 Å². The largest absolute Gasteiger partial charge is 0.337 e. The van der Waals surface area contributed by atoms with Crippen LogP contribution in [0.4, 0.5) is 0 Å². The molecule has 1 saturated carbocycles. The predicted molar refractivity (Wildman–Crippen MR) is 106 cm³/mol. The third-order valence-corrected chi connectivity index (χ3v) is 5.63. The molecule has 0 atom stereocenters. The van der Waals surface area contributed by atoms with Crippen LogP contribution in [0.25, 0.3) is 0 Å². The second kappa shape index (κ2) is 8.80. The summed E-state index contributed by atoms with van der Waals surface area (Å²) in [7, 11) is 1.84. The molecule has 0 spiro atoms. The Morgan fingerprint density at radius 1 is 1.31 bits per heavy atom. The lowest BCUT2D eigenvalue weighted by atomic mass is 9.68. The zero-order valence-corrected chi connectivity index (χ0v) is 16.3. The molecule has 1 amide bonds. The van der Waals surface area contributed by atoms with Crippen LogP contribution in [0.5, 0.6) is 0 Å². The molecule has 0 saturated heterocycles. The number of benzene rings is 1. The van der Waals surface area contributed by atoms with Crippen LogP contribution >= 0.6 is 24.0 Å². The van der Waals surface area contributed by atoms with Gasteiger partial charge < -0.3 is 10.6 Å². The van der Waals surface area contributed by atoms with Crippen molar-refractivity contribution in [3.05, 3.63) is 58.9 Å². The Kier molecular flexibility index (Phi) is 6.98. The summed E-state index contributed by atoms with van der Waals surface area (Å²) in [6, 6.07) is 11.6. The highest BCUT2D eigenvalue weighted by molar-refractivity contribution is 6.30. The Bertz CT molecular complexity index is 733. The second-order valence-corrected chi connectivity index (χ2v) is 7.19. The van der Waals surface area contributed by atoms with E-state index < -0.39 is 0 Å².